The van der Waals surface area contributed by atoms with Crippen LogP contribution in [0.1, 0.15) is 6.92 Å². The molecule has 1 aliphatic heterocycles. The minimum atomic E-state index is -1.30. The number of nitriles is 2. The van der Waals surface area contributed by atoms with Crippen LogP contribution in [0, 0.1) is 22.7 Å². The highest BCUT2D eigenvalue weighted by atomic mass is 16.6. The van der Waals surface area contributed by atoms with Crippen LogP contribution in [0.4, 0.5) is 0 Å². The molecule has 1 atom stereocenters. The highest BCUT2D eigenvalue weighted by molar-refractivity contribution is 5.87. The molecule has 0 saturated heterocycles. The molecule has 6 heteroatoms. The zero-order valence-corrected chi connectivity index (χ0v) is 10.9. The SMILES string of the molecule is C=C(C)C(=O)OC(O)CN1C=CC(=C(C#N)C#N)C=C1. The smallest absolute Gasteiger partial charge is 0.335 e. The van der Waals surface area contributed by atoms with Crippen LogP contribution in [0.15, 0.2) is 47.9 Å². The quantitative estimate of drug-likeness (QED) is 0.356. The van der Waals surface area contributed by atoms with Crippen molar-refractivity contribution >= 4 is 5.97 Å². The predicted molar refractivity (Wildman–Crippen MR) is 70.2 cm³/mol. The number of hydrogen-bond donors (Lipinski definition) is 1. The van der Waals surface area contributed by atoms with Gasteiger partial charge in [0.15, 0.2) is 0 Å². The largest absolute Gasteiger partial charge is 0.431 e. The number of carbonyl (C=O) groups excluding carboxylic acids is 1. The molecule has 1 heterocycles. The van der Waals surface area contributed by atoms with Gasteiger partial charge in [0.2, 0.25) is 6.29 Å². The highest BCUT2D eigenvalue weighted by Gasteiger charge is 2.14. The van der Waals surface area contributed by atoms with E-state index in [0.29, 0.717) is 5.57 Å². The lowest BCUT2D eigenvalue weighted by Gasteiger charge is -2.22. The molecule has 0 bridgehead atoms. The van der Waals surface area contributed by atoms with Gasteiger partial charge in [-0.05, 0) is 19.1 Å². The van der Waals surface area contributed by atoms with Gasteiger partial charge in [-0.1, -0.05) is 6.58 Å². The van der Waals surface area contributed by atoms with Gasteiger partial charge in [0.05, 0.1) is 6.54 Å². The third-order valence-corrected chi connectivity index (χ3v) is 2.36. The Morgan fingerprint density at radius 1 is 1.45 bits per heavy atom. The number of aliphatic hydroxyl groups excluding tert-OH is 1. The molecule has 0 radical (unpaired) electrons. The van der Waals surface area contributed by atoms with Crippen LogP contribution in [0.2, 0.25) is 0 Å². The molecule has 0 aliphatic carbocycles. The predicted octanol–water partition coefficient (Wildman–Crippen LogP) is 1.11. The summed E-state index contributed by atoms with van der Waals surface area (Å²) < 4.78 is 4.72. The molecule has 0 spiro atoms. The summed E-state index contributed by atoms with van der Waals surface area (Å²) >= 11 is 0. The fraction of sp³-hybridized carbons (Fsp3) is 0.214. The second-order valence-electron chi connectivity index (χ2n) is 4.02. The Morgan fingerprint density at radius 2 is 2.00 bits per heavy atom. The Labute approximate surface area is 116 Å². The van der Waals surface area contributed by atoms with Gasteiger partial charge >= 0.3 is 5.97 Å². The number of ether oxygens (including phenoxy) is 1. The van der Waals surface area contributed by atoms with Crippen molar-refractivity contribution in [2.24, 2.45) is 0 Å². The highest BCUT2D eigenvalue weighted by Crippen LogP contribution is 2.14. The third-order valence-electron chi connectivity index (χ3n) is 2.36. The maximum absolute atomic E-state index is 11.2. The van der Waals surface area contributed by atoms with E-state index in [2.05, 4.69) is 6.58 Å². The van der Waals surface area contributed by atoms with Gasteiger partial charge in [-0.25, -0.2) is 4.79 Å². The first-order chi connectivity index (χ1) is 9.47. The molecule has 0 aromatic heterocycles. The van der Waals surface area contributed by atoms with Crippen molar-refractivity contribution in [2.75, 3.05) is 6.54 Å². The van der Waals surface area contributed by atoms with Crippen LogP contribution < -0.4 is 0 Å². The topological polar surface area (TPSA) is 97.3 Å². The molecule has 102 valence electrons. The summed E-state index contributed by atoms with van der Waals surface area (Å²) in [7, 11) is 0. The van der Waals surface area contributed by atoms with Crippen molar-refractivity contribution in [3.63, 3.8) is 0 Å². The van der Waals surface area contributed by atoms with Crippen LogP contribution in [0.5, 0.6) is 0 Å². The zero-order chi connectivity index (χ0) is 15.1. The van der Waals surface area contributed by atoms with Crippen molar-refractivity contribution in [3.8, 4) is 12.1 Å². The lowest BCUT2D eigenvalue weighted by Crippen LogP contribution is -2.29. The molecule has 0 saturated carbocycles. The van der Waals surface area contributed by atoms with Crippen LogP contribution in [-0.4, -0.2) is 28.8 Å². The van der Waals surface area contributed by atoms with Crippen molar-refractivity contribution in [3.05, 3.63) is 47.9 Å². The minimum Gasteiger partial charge on any atom is -0.431 e. The number of allylic oxidation sites excluding steroid dienone is 4. The first-order valence-electron chi connectivity index (χ1n) is 5.69. The Kier molecular flexibility index (Phi) is 5.28. The number of aliphatic hydroxyl groups is 1. The fourth-order valence-electron chi connectivity index (χ4n) is 1.34. The van der Waals surface area contributed by atoms with E-state index >= 15 is 0 Å². The molecule has 1 aliphatic rings. The Hall–Kier alpha value is -2.83. The van der Waals surface area contributed by atoms with Gasteiger partial charge in [-0.15, -0.1) is 0 Å². The Morgan fingerprint density at radius 3 is 2.45 bits per heavy atom. The lowest BCUT2D eigenvalue weighted by atomic mass is 10.1. The molecule has 6 nitrogen and oxygen atoms in total. The van der Waals surface area contributed by atoms with Crippen molar-refractivity contribution in [1.82, 2.24) is 4.90 Å². The van der Waals surface area contributed by atoms with Crippen LogP contribution in [0.25, 0.3) is 0 Å². The van der Waals surface area contributed by atoms with Crippen LogP contribution in [-0.2, 0) is 9.53 Å². The molecular formula is C14H13N3O3. The molecule has 1 N–H and O–H groups in total. The van der Waals surface area contributed by atoms with Crippen LogP contribution in [0.3, 0.4) is 0 Å². The summed E-state index contributed by atoms with van der Waals surface area (Å²) in [5, 5.41) is 27.0. The van der Waals surface area contributed by atoms with E-state index in [9.17, 15) is 9.90 Å². The summed E-state index contributed by atoms with van der Waals surface area (Å²) in [6.45, 7) is 4.93. The molecule has 0 aromatic carbocycles. The van der Waals surface area contributed by atoms with Gasteiger partial charge in [-0.3, -0.25) is 0 Å². The number of esters is 1. The van der Waals surface area contributed by atoms with E-state index in [4.69, 9.17) is 15.3 Å². The second kappa shape index (κ2) is 6.93. The number of β-amino-alcohol motifs (C(OH)–C–C–N with tert-alkyl or cyclic N) is 1. The first kappa shape index (κ1) is 15.2. The number of rotatable bonds is 4. The van der Waals surface area contributed by atoms with Gasteiger partial charge in [0.25, 0.3) is 0 Å². The Bertz CT molecular complexity index is 556. The summed E-state index contributed by atoms with van der Waals surface area (Å²) in [5.74, 6) is -0.667. The van der Waals surface area contributed by atoms with Crippen molar-refractivity contribution in [2.45, 2.75) is 13.2 Å². The fourth-order valence-corrected chi connectivity index (χ4v) is 1.34. The summed E-state index contributed by atoms with van der Waals surface area (Å²) in [4.78, 5) is 12.8. The van der Waals surface area contributed by atoms with Gasteiger partial charge in [-0.2, -0.15) is 10.5 Å². The van der Waals surface area contributed by atoms with Crippen LogP contribution >= 0.6 is 0 Å². The van der Waals surface area contributed by atoms with E-state index in [1.807, 2.05) is 0 Å². The summed E-state index contributed by atoms with van der Waals surface area (Å²) in [5.41, 5.74) is 0.692. The molecular weight excluding hydrogens is 258 g/mol. The number of nitrogens with zero attached hydrogens (tertiary/aromatic N) is 3. The Balaban J connectivity index is 2.62. The summed E-state index contributed by atoms with van der Waals surface area (Å²) in [6, 6.07) is 3.57. The van der Waals surface area contributed by atoms with Gasteiger partial charge in [0, 0.05) is 23.5 Å². The van der Waals surface area contributed by atoms with E-state index in [1.54, 1.807) is 41.6 Å². The molecule has 0 amide bonds. The average molecular weight is 271 g/mol. The van der Waals surface area contributed by atoms with E-state index in [-0.39, 0.29) is 17.7 Å². The third kappa shape index (κ3) is 4.13. The standard InChI is InChI=1S/C14H13N3O3/c1-10(2)14(19)20-13(18)9-17-5-3-11(4-6-17)12(7-15)8-16/h3-6,13,18H,1,9H2,2H3. The minimum absolute atomic E-state index is 0.00593. The molecule has 1 rings (SSSR count). The number of carbonyl (C=O) groups is 1. The molecule has 1 unspecified atom stereocenters. The van der Waals surface area contributed by atoms with Crippen molar-refractivity contribution in [1.29, 1.82) is 10.5 Å². The zero-order valence-electron chi connectivity index (χ0n) is 10.9. The van der Waals surface area contributed by atoms with Crippen molar-refractivity contribution < 1.29 is 14.6 Å². The lowest BCUT2D eigenvalue weighted by molar-refractivity contribution is -0.163. The first-order valence-corrected chi connectivity index (χ1v) is 5.69. The summed E-state index contributed by atoms with van der Waals surface area (Å²) in [6.07, 6.45) is 4.97. The molecule has 0 aromatic rings. The van der Waals surface area contributed by atoms with Gasteiger partial charge < -0.3 is 14.7 Å². The van der Waals surface area contributed by atoms with Gasteiger partial charge in [0.1, 0.15) is 17.7 Å². The molecule has 0 fully saturated rings. The van der Waals surface area contributed by atoms with E-state index in [1.165, 1.54) is 6.92 Å². The monoisotopic (exact) mass is 271 g/mol. The molecule has 20 heavy (non-hydrogen) atoms. The van der Waals surface area contributed by atoms with E-state index in [0.717, 1.165) is 0 Å². The number of hydrogen-bond acceptors (Lipinski definition) is 6. The average Bonchev–Trinajstić information content (AvgIpc) is 2.41. The maximum atomic E-state index is 11.2. The van der Waals surface area contributed by atoms with E-state index < -0.39 is 12.3 Å². The maximum Gasteiger partial charge on any atom is 0.335 e. The normalized spacial score (nSPS) is 14.2. The second-order valence-corrected chi connectivity index (χ2v) is 4.02.